The Hall–Kier alpha value is -1.75. The third kappa shape index (κ3) is 3.35. The van der Waals surface area contributed by atoms with Gasteiger partial charge in [0.25, 0.3) is 0 Å². The molecule has 0 aliphatic heterocycles. The molecule has 0 aliphatic rings. The summed E-state index contributed by atoms with van der Waals surface area (Å²) < 4.78 is 0. The number of aromatic nitrogens is 2. The van der Waals surface area contributed by atoms with Crippen LogP contribution in [-0.2, 0) is 4.79 Å². The number of hydrogen-bond acceptors (Lipinski definition) is 3. The van der Waals surface area contributed by atoms with E-state index in [4.69, 9.17) is 0 Å². The quantitative estimate of drug-likeness (QED) is 0.816. The number of imidazole rings is 1. The van der Waals surface area contributed by atoms with Crippen LogP contribution in [0.2, 0.25) is 0 Å². The Balaban J connectivity index is 1.86. The van der Waals surface area contributed by atoms with Gasteiger partial charge in [0.2, 0.25) is 11.9 Å². The summed E-state index contributed by atoms with van der Waals surface area (Å²) in [6.07, 6.45) is 3.27. The van der Waals surface area contributed by atoms with Crippen molar-refractivity contribution >= 4 is 23.6 Å². The number of H-pyrrole nitrogens is 1. The molecule has 2 aromatic rings. The van der Waals surface area contributed by atoms with Crippen LogP contribution >= 0.6 is 11.8 Å². The molecule has 1 aromatic heterocycles. The number of carbonyl (C=O) groups excluding carboxylic acids is 1. The average Bonchev–Trinajstić information content (AvgIpc) is 2.81. The summed E-state index contributed by atoms with van der Waals surface area (Å²) in [5, 5.41) is 2.69. The number of anilines is 1. The monoisotopic (exact) mass is 247 g/mol. The van der Waals surface area contributed by atoms with Gasteiger partial charge in [-0.25, -0.2) is 4.98 Å². The lowest BCUT2D eigenvalue weighted by molar-refractivity contribution is -0.113. The summed E-state index contributed by atoms with van der Waals surface area (Å²) in [5.41, 5.74) is 1.18. The fourth-order valence-electron chi connectivity index (χ4n) is 1.36. The summed E-state index contributed by atoms with van der Waals surface area (Å²) >= 11 is 1.52. The van der Waals surface area contributed by atoms with E-state index in [1.807, 2.05) is 31.2 Å². The number of rotatable bonds is 4. The topological polar surface area (TPSA) is 57.8 Å². The molecule has 88 valence electrons. The van der Waals surface area contributed by atoms with Crippen LogP contribution in [0.5, 0.6) is 0 Å². The Kier molecular flexibility index (Phi) is 3.82. The zero-order valence-corrected chi connectivity index (χ0v) is 10.3. The van der Waals surface area contributed by atoms with Crippen LogP contribution in [0.15, 0.2) is 41.6 Å². The number of nitrogens with zero attached hydrogens (tertiary/aromatic N) is 1. The van der Waals surface area contributed by atoms with Crippen molar-refractivity contribution in [2.24, 2.45) is 0 Å². The van der Waals surface area contributed by atoms with E-state index in [0.29, 0.717) is 11.7 Å². The van der Waals surface area contributed by atoms with Crippen molar-refractivity contribution in [1.82, 2.24) is 9.97 Å². The number of nitrogens with one attached hydrogen (secondary N) is 2. The molecule has 2 N–H and O–H groups in total. The van der Waals surface area contributed by atoms with Crippen LogP contribution in [0, 0.1) is 6.92 Å². The third-order valence-corrected chi connectivity index (χ3v) is 3.38. The smallest absolute Gasteiger partial charge is 0.237 e. The number of aromatic amines is 1. The molecule has 0 radical (unpaired) electrons. The summed E-state index contributed by atoms with van der Waals surface area (Å²) in [6.45, 7) is 2.03. The van der Waals surface area contributed by atoms with Gasteiger partial charge in [0.15, 0.2) is 0 Å². The fourth-order valence-corrected chi connectivity index (χ4v) is 2.19. The molecule has 1 amide bonds. The van der Waals surface area contributed by atoms with Crippen LogP contribution in [0.4, 0.5) is 5.95 Å². The van der Waals surface area contributed by atoms with E-state index < -0.39 is 0 Å². The normalized spacial score (nSPS) is 10.2. The summed E-state index contributed by atoms with van der Waals surface area (Å²) in [7, 11) is 0. The second-order valence-electron chi connectivity index (χ2n) is 3.54. The lowest BCUT2D eigenvalue weighted by Crippen LogP contribution is -2.14. The number of thioether (sulfide) groups is 1. The van der Waals surface area contributed by atoms with E-state index in [9.17, 15) is 4.79 Å². The molecule has 0 bridgehead atoms. The van der Waals surface area contributed by atoms with Crippen LogP contribution in [0.25, 0.3) is 0 Å². The van der Waals surface area contributed by atoms with Crippen LogP contribution in [-0.4, -0.2) is 21.6 Å². The van der Waals surface area contributed by atoms with Gasteiger partial charge in [-0.2, -0.15) is 0 Å². The standard InChI is InChI=1S/C12H13N3OS/c1-9-4-2-3-5-10(9)17-8-11(16)15-12-13-6-7-14-12/h2-7H,8H2,1H3,(H2,13,14,15,16). The highest BCUT2D eigenvalue weighted by Gasteiger charge is 2.05. The molecule has 0 fully saturated rings. The summed E-state index contributed by atoms with van der Waals surface area (Å²) in [5.74, 6) is 0.805. The van der Waals surface area contributed by atoms with E-state index in [1.54, 1.807) is 12.4 Å². The Labute approximate surface area is 104 Å². The first-order valence-corrected chi connectivity index (χ1v) is 6.22. The Morgan fingerprint density at radius 3 is 3.00 bits per heavy atom. The second kappa shape index (κ2) is 5.54. The van der Waals surface area contributed by atoms with E-state index in [0.717, 1.165) is 4.90 Å². The maximum absolute atomic E-state index is 11.6. The molecular formula is C12H13N3OS. The molecule has 1 heterocycles. The second-order valence-corrected chi connectivity index (χ2v) is 4.56. The minimum atomic E-state index is -0.0618. The number of aryl methyl sites for hydroxylation is 1. The maximum Gasteiger partial charge on any atom is 0.237 e. The minimum absolute atomic E-state index is 0.0618. The molecular weight excluding hydrogens is 234 g/mol. The SMILES string of the molecule is Cc1ccccc1SCC(=O)Nc1ncc[nH]1. The van der Waals surface area contributed by atoms with E-state index in [1.165, 1.54) is 17.3 Å². The molecule has 2 rings (SSSR count). The largest absolute Gasteiger partial charge is 0.331 e. The number of carbonyl (C=O) groups is 1. The van der Waals surface area contributed by atoms with E-state index in [2.05, 4.69) is 15.3 Å². The molecule has 0 aliphatic carbocycles. The predicted octanol–water partition coefficient (Wildman–Crippen LogP) is 2.45. The first-order valence-electron chi connectivity index (χ1n) is 5.23. The van der Waals surface area contributed by atoms with Gasteiger partial charge in [0.1, 0.15) is 0 Å². The van der Waals surface area contributed by atoms with Gasteiger partial charge in [0, 0.05) is 17.3 Å². The average molecular weight is 247 g/mol. The Morgan fingerprint density at radius 2 is 2.29 bits per heavy atom. The van der Waals surface area contributed by atoms with Crippen molar-refractivity contribution in [2.75, 3.05) is 11.1 Å². The highest BCUT2D eigenvalue weighted by Crippen LogP contribution is 2.21. The fraction of sp³-hybridized carbons (Fsp3) is 0.167. The van der Waals surface area contributed by atoms with Crippen molar-refractivity contribution in [2.45, 2.75) is 11.8 Å². The molecule has 17 heavy (non-hydrogen) atoms. The van der Waals surface area contributed by atoms with Gasteiger partial charge in [-0.3, -0.25) is 10.1 Å². The van der Waals surface area contributed by atoms with Crippen molar-refractivity contribution in [1.29, 1.82) is 0 Å². The zero-order valence-electron chi connectivity index (χ0n) is 9.43. The molecule has 0 atom stereocenters. The molecule has 0 spiro atoms. The van der Waals surface area contributed by atoms with Gasteiger partial charge in [-0.15, -0.1) is 11.8 Å². The number of amides is 1. The molecule has 0 unspecified atom stereocenters. The van der Waals surface area contributed by atoms with Gasteiger partial charge in [0.05, 0.1) is 5.75 Å². The van der Waals surface area contributed by atoms with Gasteiger partial charge in [-0.1, -0.05) is 18.2 Å². The summed E-state index contributed by atoms with van der Waals surface area (Å²) in [6, 6.07) is 8.01. The van der Waals surface area contributed by atoms with Crippen molar-refractivity contribution in [3.05, 3.63) is 42.2 Å². The van der Waals surface area contributed by atoms with Gasteiger partial charge >= 0.3 is 0 Å². The van der Waals surface area contributed by atoms with Crippen molar-refractivity contribution < 1.29 is 4.79 Å². The third-order valence-electron chi connectivity index (χ3n) is 2.21. The molecule has 0 saturated heterocycles. The van der Waals surface area contributed by atoms with Crippen molar-refractivity contribution in [3.63, 3.8) is 0 Å². The lowest BCUT2D eigenvalue weighted by atomic mass is 10.2. The number of benzene rings is 1. The minimum Gasteiger partial charge on any atom is -0.331 e. The number of hydrogen-bond donors (Lipinski definition) is 2. The first kappa shape index (κ1) is 11.7. The Bertz CT molecular complexity index is 496. The van der Waals surface area contributed by atoms with E-state index in [-0.39, 0.29) is 5.91 Å². The lowest BCUT2D eigenvalue weighted by Gasteiger charge is -2.04. The zero-order chi connectivity index (χ0) is 12.1. The molecule has 4 nitrogen and oxygen atoms in total. The van der Waals surface area contributed by atoms with Crippen molar-refractivity contribution in [3.8, 4) is 0 Å². The van der Waals surface area contributed by atoms with Crippen LogP contribution in [0.3, 0.4) is 0 Å². The maximum atomic E-state index is 11.6. The van der Waals surface area contributed by atoms with Gasteiger partial charge in [-0.05, 0) is 18.6 Å². The van der Waals surface area contributed by atoms with Crippen LogP contribution < -0.4 is 5.32 Å². The molecule has 0 saturated carbocycles. The molecule has 1 aromatic carbocycles. The molecule has 5 heteroatoms. The highest BCUT2D eigenvalue weighted by atomic mass is 32.2. The Morgan fingerprint density at radius 1 is 1.47 bits per heavy atom. The first-order chi connectivity index (χ1) is 8.25. The summed E-state index contributed by atoms with van der Waals surface area (Å²) in [4.78, 5) is 19.5. The van der Waals surface area contributed by atoms with E-state index >= 15 is 0 Å². The van der Waals surface area contributed by atoms with Crippen LogP contribution in [0.1, 0.15) is 5.56 Å². The van der Waals surface area contributed by atoms with Gasteiger partial charge < -0.3 is 4.98 Å². The predicted molar refractivity (Wildman–Crippen MR) is 69.1 cm³/mol. The highest BCUT2D eigenvalue weighted by molar-refractivity contribution is 8.00.